The summed E-state index contributed by atoms with van der Waals surface area (Å²) < 4.78 is 7.54. The van der Waals surface area contributed by atoms with Crippen molar-refractivity contribution in [1.29, 1.82) is 0 Å². The fourth-order valence-electron chi connectivity index (χ4n) is 2.27. The minimum absolute atomic E-state index is 0.0105. The van der Waals surface area contributed by atoms with Crippen molar-refractivity contribution < 1.29 is 4.74 Å². The summed E-state index contributed by atoms with van der Waals surface area (Å²) in [7, 11) is 0. The average Bonchev–Trinajstić information content (AvgIpc) is 3.07. The van der Waals surface area contributed by atoms with Crippen molar-refractivity contribution in [2.45, 2.75) is 26.8 Å². The van der Waals surface area contributed by atoms with Gasteiger partial charge in [0.1, 0.15) is 23.8 Å². The number of halogens is 1. The van der Waals surface area contributed by atoms with Gasteiger partial charge in [0.05, 0.1) is 17.4 Å². The lowest BCUT2D eigenvalue weighted by Gasteiger charge is -2.15. The Hall–Kier alpha value is -2.60. The molecular formula is C18H20ClN5O. The van der Waals surface area contributed by atoms with Crippen LogP contribution in [0.3, 0.4) is 0 Å². The maximum absolute atomic E-state index is 6.19. The lowest BCUT2D eigenvalue weighted by atomic mass is 10.2. The van der Waals surface area contributed by atoms with Crippen LogP contribution in [0.4, 0.5) is 5.82 Å². The van der Waals surface area contributed by atoms with Crippen molar-refractivity contribution in [3.05, 3.63) is 59.1 Å². The molecule has 0 aliphatic heterocycles. The van der Waals surface area contributed by atoms with E-state index in [-0.39, 0.29) is 6.04 Å². The molecule has 2 aromatic heterocycles. The minimum Gasteiger partial charge on any atom is -0.474 e. The van der Waals surface area contributed by atoms with Crippen molar-refractivity contribution in [2.75, 3.05) is 11.9 Å². The number of aryl methyl sites for hydroxylation is 2. The molecule has 1 aromatic carbocycles. The van der Waals surface area contributed by atoms with E-state index < -0.39 is 0 Å². The van der Waals surface area contributed by atoms with E-state index in [1.165, 1.54) is 11.9 Å². The summed E-state index contributed by atoms with van der Waals surface area (Å²) in [6, 6.07) is 10.0. The molecule has 25 heavy (non-hydrogen) atoms. The number of benzene rings is 1. The summed E-state index contributed by atoms with van der Waals surface area (Å²) in [4.78, 5) is 8.21. The molecule has 0 aliphatic carbocycles. The Kier molecular flexibility index (Phi) is 5.19. The van der Waals surface area contributed by atoms with Crippen LogP contribution in [0.2, 0.25) is 5.02 Å². The van der Waals surface area contributed by atoms with Crippen LogP contribution < -0.4 is 10.1 Å². The SMILES string of the molecule is Cc1ccc(-n2ccc(OCC(C)Nc3ncnc(C)c3Cl)n2)cc1. The molecule has 2 heterocycles. The average molecular weight is 358 g/mol. The van der Waals surface area contributed by atoms with Crippen LogP contribution in [0, 0.1) is 13.8 Å². The molecule has 7 heteroatoms. The van der Waals surface area contributed by atoms with Crippen molar-refractivity contribution in [1.82, 2.24) is 19.7 Å². The smallest absolute Gasteiger partial charge is 0.233 e. The third-order valence-corrected chi connectivity index (χ3v) is 4.14. The molecule has 0 radical (unpaired) electrons. The second kappa shape index (κ2) is 7.53. The maximum atomic E-state index is 6.19. The van der Waals surface area contributed by atoms with Gasteiger partial charge in [0.25, 0.3) is 0 Å². The normalized spacial score (nSPS) is 12.0. The maximum Gasteiger partial charge on any atom is 0.233 e. The molecule has 1 N–H and O–H groups in total. The van der Waals surface area contributed by atoms with Crippen molar-refractivity contribution in [3.8, 4) is 11.6 Å². The molecule has 6 nitrogen and oxygen atoms in total. The predicted molar refractivity (Wildman–Crippen MR) is 98.7 cm³/mol. The number of anilines is 1. The van der Waals surface area contributed by atoms with Crippen LogP contribution in [0.25, 0.3) is 5.69 Å². The van der Waals surface area contributed by atoms with E-state index in [2.05, 4.69) is 39.4 Å². The molecule has 0 saturated heterocycles. The highest BCUT2D eigenvalue weighted by Crippen LogP contribution is 2.21. The van der Waals surface area contributed by atoms with Crippen LogP contribution in [0.5, 0.6) is 5.88 Å². The van der Waals surface area contributed by atoms with Crippen LogP contribution in [-0.4, -0.2) is 32.4 Å². The summed E-state index contributed by atoms with van der Waals surface area (Å²) in [6.07, 6.45) is 3.36. The Morgan fingerprint density at radius 3 is 2.68 bits per heavy atom. The fraction of sp³-hybridized carbons (Fsp3) is 0.278. The molecule has 130 valence electrons. The van der Waals surface area contributed by atoms with E-state index in [4.69, 9.17) is 16.3 Å². The van der Waals surface area contributed by atoms with E-state index >= 15 is 0 Å². The van der Waals surface area contributed by atoms with Gasteiger partial charge in [-0.15, -0.1) is 5.10 Å². The largest absolute Gasteiger partial charge is 0.474 e. The lowest BCUT2D eigenvalue weighted by Crippen LogP contribution is -2.24. The van der Waals surface area contributed by atoms with Gasteiger partial charge in [-0.25, -0.2) is 14.6 Å². The fourth-order valence-corrected chi connectivity index (χ4v) is 2.42. The van der Waals surface area contributed by atoms with Gasteiger partial charge in [0, 0.05) is 12.3 Å². The third kappa shape index (κ3) is 4.28. The second-order valence-corrected chi connectivity index (χ2v) is 6.29. The van der Waals surface area contributed by atoms with Gasteiger partial charge in [-0.05, 0) is 32.9 Å². The summed E-state index contributed by atoms with van der Waals surface area (Å²) in [6.45, 7) is 6.32. The summed E-state index contributed by atoms with van der Waals surface area (Å²) in [5.74, 6) is 1.18. The Morgan fingerprint density at radius 2 is 1.92 bits per heavy atom. The molecule has 0 bridgehead atoms. The molecule has 0 saturated carbocycles. The zero-order valence-electron chi connectivity index (χ0n) is 14.4. The standard InChI is InChI=1S/C18H20ClN5O/c1-12-4-6-15(7-5-12)24-9-8-16(23-24)25-10-13(2)22-18-17(19)14(3)20-11-21-18/h4-9,11,13H,10H2,1-3H3,(H,20,21,22). The summed E-state index contributed by atoms with van der Waals surface area (Å²) >= 11 is 6.19. The number of nitrogens with zero attached hydrogens (tertiary/aromatic N) is 4. The van der Waals surface area contributed by atoms with E-state index in [9.17, 15) is 0 Å². The lowest BCUT2D eigenvalue weighted by molar-refractivity contribution is 0.290. The zero-order valence-corrected chi connectivity index (χ0v) is 15.2. The number of nitrogens with one attached hydrogen (secondary N) is 1. The van der Waals surface area contributed by atoms with E-state index in [0.29, 0.717) is 23.3 Å². The van der Waals surface area contributed by atoms with Crippen molar-refractivity contribution in [3.63, 3.8) is 0 Å². The molecule has 0 amide bonds. The van der Waals surface area contributed by atoms with Gasteiger partial charge in [-0.3, -0.25) is 0 Å². The molecule has 1 unspecified atom stereocenters. The van der Waals surface area contributed by atoms with Gasteiger partial charge in [0.2, 0.25) is 5.88 Å². The first-order valence-electron chi connectivity index (χ1n) is 8.02. The molecule has 0 aliphatic rings. The molecular weight excluding hydrogens is 338 g/mol. The highest BCUT2D eigenvalue weighted by molar-refractivity contribution is 6.33. The number of ether oxygens (including phenoxy) is 1. The van der Waals surface area contributed by atoms with Gasteiger partial charge >= 0.3 is 0 Å². The Balaban J connectivity index is 1.58. The Bertz CT molecular complexity index is 847. The topological polar surface area (TPSA) is 64.9 Å². The molecule has 3 rings (SSSR count). The first kappa shape index (κ1) is 17.2. The van der Waals surface area contributed by atoms with Gasteiger partial charge < -0.3 is 10.1 Å². The minimum atomic E-state index is 0.0105. The first-order valence-corrected chi connectivity index (χ1v) is 8.40. The van der Waals surface area contributed by atoms with Crippen molar-refractivity contribution in [2.24, 2.45) is 0 Å². The van der Waals surface area contributed by atoms with Crippen LogP contribution in [0.1, 0.15) is 18.2 Å². The summed E-state index contributed by atoms with van der Waals surface area (Å²) in [5, 5.41) is 8.19. The predicted octanol–water partition coefficient (Wildman–Crippen LogP) is 3.81. The quantitative estimate of drug-likeness (QED) is 0.726. The number of hydrogen-bond acceptors (Lipinski definition) is 5. The summed E-state index contributed by atoms with van der Waals surface area (Å²) in [5.41, 5.74) is 2.95. The Morgan fingerprint density at radius 1 is 1.16 bits per heavy atom. The molecule has 3 aromatic rings. The molecule has 0 fully saturated rings. The van der Waals surface area contributed by atoms with Crippen molar-refractivity contribution >= 4 is 17.4 Å². The highest BCUT2D eigenvalue weighted by Gasteiger charge is 2.10. The van der Waals surface area contributed by atoms with Gasteiger partial charge in [-0.2, -0.15) is 0 Å². The Labute approximate surface area is 151 Å². The van der Waals surface area contributed by atoms with Crippen LogP contribution in [-0.2, 0) is 0 Å². The van der Waals surface area contributed by atoms with E-state index in [0.717, 1.165) is 11.4 Å². The molecule has 0 spiro atoms. The highest BCUT2D eigenvalue weighted by atomic mass is 35.5. The van der Waals surface area contributed by atoms with Gasteiger partial charge in [-0.1, -0.05) is 29.3 Å². The molecule has 1 atom stereocenters. The number of hydrogen-bond donors (Lipinski definition) is 1. The third-order valence-electron chi connectivity index (χ3n) is 3.69. The monoisotopic (exact) mass is 357 g/mol. The van der Waals surface area contributed by atoms with Crippen LogP contribution in [0.15, 0.2) is 42.9 Å². The van der Waals surface area contributed by atoms with E-state index in [1.807, 2.05) is 38.2 Å². The van der Waals surface area contributed by atoms with E-state index in [1.54, 1.807) is 4.68 Å². The number of rotatable bonds is 6. The van der Waals surface area contributed by atoms with Crippen LogP contribution >= 0.6 is 11.6 Å². The zero-order chi connectivity index (χ0) is 17.8. The number of aromatic nitrogens is 4. The van der Waals surface area contributed by atoms with Gasteiger partial charge in [0.15, 0.2) is 0 Å². The first-order chi connectivity index (χ1) is 12.0. The second-order valence-electron chi connectivity index (χ2n) is 5.91.